The van der Waals surface area contributed by atoms with Gasteiger partial charge in [-0.15, -0.1) is 0 Å². The summed E-state index contributed by atoms with van der Waals surface area (Å²) < 4.78 is 0. The summed E-state index contributed by atoms with van der Waals surface area (Å²) >= 11 is 0. The molecule has 0 radical (unpaired) electrons. The second-order valence-corrected chi connectivity index (χ2v) is 21.0. The van der Waals surface area contributed by atoms with E-state index in [1.54, 1.807) is 6.08 Å². The molecule has 0 aromatic rings. The minimum Gasteiger partial charge on any atom is -0.394 e. The van der Waals surface area contributed by atoms with Crippen LogP contribution < -0.4 is 5.32 Å². The standard InChI is InChI=1S/C61H119NO4/c1-3-5-7-9-11-13-15-17-19-21-23-25-26-27-28-29-30-31-32-33-35-36-38-40-42-44-46-48-50-52-54-58(64)56-61(66)62-59(57-63)60(65)55-53-51-49-47-45-43-41-39-37-34-24-22-20-18-16-14-12-10-8-6-4-2/h45,47,53,55,58-60,63-65H,3-44,46,48-52,54,56-57H2,1-2H3,(H,62,66)/b47-45+,55-53+. The number of nitrogens with one attached hydrogen (secondary N) is 1. The third-order valence-corrected chi connectivity index (χ3v) is 14.2. The molecule has 0 heterocycles. The van der Waals surface area contributed by atoms with Crippen LogP contribution in [0.3, 0.4) is 0 Å². The number of hydrogen-bond acceptors (Lipinski definition) is 4. The van der Waals surface area contributed by atoms with Crippen molar-refractivity contribution in [1.29, 1.82) is 0 Å². The monoisotopic (exact) mass is 930 g/mol. The Balaban J connectivity index is 3.53. The Labute approximate surface area is 413 Å². The minimum atomic E-state index is -0.950. The zero-order chi connectivity index (χ0) is 47.9. The molecule has 0 aromatic carbocycles. The molecule has 0 saturated heterocycles. The van der Waals surface area contributed by atoms with Gasteiger partial charge in [-0.25, -0.2) is 0 Å². The van der Waals surface area contributed by atoms with Crippen molar-refractivity contribution in [1.82, 2.24) is 5.32 Å². The van der Waals surface area contributed by atoms with E-state index in [1.165, 1.54) is 276 Å². The Morgan fingerprint density at radius 1 is 0.379 bits per heavy atom. The van der Waals surface area contributed by atoms with Gasteiger partial charge in [0.2, 0.25) is 5.91 Å². The van der Waals surface area contributed by atoms with Gasteiger partial charge in [0, 0.05) is 0 Å². The maximum atomic E-state index is 12.5. The van der Waals surface area contributed by atoms with Crippen LogP contribution in [-0.4, -0.2) is 46.1 Å². The van der Waals surface area contributed by atoms with E-state index < -0.39 is 18.2 Å². The molecule has 0 bridgehead atoms. The molecular weight excluding hydrogens is 811 g/mol. The molecule has 0 spiro atoms. The summed E-state index contributed by atoms with van der Waals surface area (Å²) in [5.74, 6) is -0.318. The zero-order valence-corrected chi connectivity index (χ0v) is 44.9. The Hall–Kier alpha value is -1.17. The number of aliphatic hydroxyl groups excluding tert-OH is 3. The Morgan fingerprint density at radius 2 is 0.652 bits per heavy atom. The van der Waals surface area contributed by atoms with E-state index in [0.717, 1.165) is 32.1 Å². The first-order valence-electron chi connectivity index (χ1n) is 30.1. The van der Waals surface area contributed by atoms with E-state index in [9.17, 15) is 20.1 Å². The highest BCUT2D eigenvalue weighted by Crippen LogP contribution is 2.18. The molecule has 0 aliphatic carbocycles. The summed E-state index contributed by atoms with van der Waals surface area (Å²) in [5, 5.41) is 33.5. The topological polar surface area (TPSA) is 89.8 Å². The van der Waals surface area contributed by atoms with Crippen molar-refractivity contribution < 1.29 is 20.1 Å². The zero-order valence-electron chi connectivity index (χ0n) is 44.9. The van der Waals surface area contributed by atoms with E-state index >= 15 is 0 Å². The van der Waals surface area contributed by atoms with Crippen LogP contribution in [0, 0.1) is 0 Å². The predicted molar refractivity (Wildman–Crippen MR) is 292 cm³/mol. The Bertz CT molecular complexity index is 982. The molecule has 5 nitrogen and oxygen atoms in total. The van der Waals surface area contributed by atoms with Gasteiger partial charge in [0.15, 0.2) is 0 Å². The summed E-state index contributed by atoms with van der Waals surface area (Å²) in [6.07, 6.45) is 72.5. The largest absolute Gasteiger partial charge is 0.394 e. The van der Waals surface area contributed by atoms with Crippen molar-refractivity contribution in [2.75, 3.05) is 6.61 Å². The number of rotatable bonds is 56. The van der Waals surface area contributed by atoms with Crippen LogP contribution in [0.15, 0.2) is 24.3 Å². The molecule has 0 fully saturated rings. The number of aliphatic hydroxyl groups is 3. The normalized spacial score (nSPS) is 13.3. The van der Waals surface area contributed by atoms with Gasteiger partial charge in [0.05, 0.1) is 31.3 Å². The Kier molecular flexibility index (Phi) is 55.4. The molecule has 3 atom stereocenters. The van der Waals surface area contributed by atoms with Gasteiger partial charge < -0.3 is 20.6 Å². The molecule has 3 unspecified atom stereocenters. The molecular formula is C61H119NO4. The molecule has 0 aliphatic rings. The van der Waals surface area contributed by atoms with E-state index in [1.807, 2.05) is 6.08 Å². The number of allylic oxidation sites excluding steroid dienone is 3. The van der Waals surface area contributed by atoms with Gasteiger partial charge in [-0.3, -0.25) is 4.79 Å². The maximum absolute atomic E-state index is 12.5. The van der Waals surface area contributed by atoms with Crippen molar-refractivity contribution in [3.63, 3.8) is 0 Å². The number of hydrogen-bond donors (Lipinski definition) is 4. The fourth-order valence-corrected chi connectivity index (χ4v) is 9.66. The lowest BCUT2D eigenvalue weighted by molar-refractivity contribution is -0.124. The van der Waals surface area contributed by atoms with Crippen LogP contribution >= 0.6 is 0 Å². The molecule has 0 aliphatic heterocycles. The molecule has 392 valence electrons. The van der Waals surface area contributed by atoms with Crippen LogP contribution in [0.2, 0.25) is 0 Å². The number of carbonyl (C=O) groups is 1. The fraction of sp³-hybridized carbons (Fsp3) is 0.918. The molecule has 0 aromatic heterocycles. The van der Waals surface area contributed by atoms with E-state index in [-0.39, 0.29) is 18.9 Å². The summed E-state index contributed by atoms with van der Waals surface area (Å²) in [7, 11) is 0. The van der Waals surface area contributed by atoms with Crippen LogP contribution in [0.5, 0.6) is 0 Å². The second-order valence-electron chi connectivity index (χ2n) is 21.0. The predicted octanol–water partition coefficient (Wildman–Crippen LogP) is 18.8. The highest BCUT2D eigenvalue weighted by atomic mass is 16.3. The van der Waals surface area contributed by atoms with E-state index in [0.29, 0.717) is 6.42 Å². The van der Waals surface area contributed by atoms with Crippen molar-refractivity contribution in [2.24, 2.45) is 0 Å². The first-order chi connectivity index (χ1) is 32.5. The van der Waals surface area contributed by atoms with Crippen molar-refractivity contribution in [3.8, 4) is 0 Å². The highest BCUT2D eigenvalue weighted by Gasteiger charge is 2.20. The second kappa shape index (κ2) is 56.4. The molecule has 0 saturated carbocycles. The molecule has 66 heavy (non-hydrogen) atoms. The van der Waals surface area contributed by atoms with Gasteiger partial charge in [0.1, 0.15) is 0 Å². The van der Waals surface area contributed by atoms with E-state index in [4.69, 9.17) is 0 Å². The average Bonchev–Trinajstić information content (AvgIpc) is 3.31. The lowest BCUT2D eigenvalue weighted by atomic mass is 10.0. The average molecular weight is 931 g/mol. The molecule has 1 amide bonds. The lowest BCUT2D eigenvalue weighted by Crippen LogP contribution is -2.45. The number of amides is 1. The SMILES string of the molecule is CCCCCCCCCCCCCCCCC/C=C/CC/C=C/C(O)C(CO)NC(=O)CC(O)CCCCCCCCCCCCCCCCCCCCCCCCCCCCCCCC. The highest BCUT2D eigenvalue weighted by molar-refractivity contribution is 5.76. The smallest absolute Gasteiger partial charge is 0.222 e. The van der Waals surface area contributed by atoms with Crippen LogP contribution in [0.4, 0.5) is 0 Å². The van der Waals surface area contributed by atoms with Gasteiger partial charge in [-0.1, -0.05) is 321 Å². The van der Waals surface area contributed by atoms with Crippen LogP contribution in [-0.2, 0) is 4.79 Å². The summed E-state index contributed by atoms with van der Waals surface area (Å²) in [4.78, 5) is 12.5. The van der Waals surface area contributed by atoms with Gasteiger partial charge in [-0.2, -0.15) is 0 Å². The maximum Gasteiger partial charge on any atom is 0.222 e. The fourth-order valence-electron chi connectivity index (χ4n) is 9.66. The third kappa shape index (κ3) is 52.2. The molecule has 4 N–H and O–H groups in total. The van der Waals surface area contributed by atoms with Gasteiger partial charge in [-0.05, 0) is 32.1 Å². The van der Waals surface area contributed by atoms with Gasteiger partial charge >= 0.3 is 0 Å². The third-order valence-electron chi connectivity index (χ3n) is 14.2. The van der Waals surface area contributed by atoms with Crippen molar-refractivity contribution in [2.45, 2.75) is 353 Å². The Morgan fingerprint density at radius 3 is 0.970 bits per heavy atom. The quantitative estimate of drug-likeness (QED) is 0.0361. The van der Waals surface area contributed by atoms with Crippen LogP contribution in [0.1, 0.15) is 335 Å². The first kappa shape index (κ1) is 64.8. The molecule has 5 heteroatoms. The number of carbonyl (C=O) groups excluding carboxylic acids is 1. The van der Waals surface area contributed by atoms with Gasteiger partial charge in [0.25, 0.3) is 0 Å². The molecule has 0 rings (SSSR count). The summed E-state index contributed by atoms with van der Waals surface area (Å²) in [6.45, 7) is 4.25. The van der Waals surface area contributed by atoms with Crippen LogP contribution in [0.25, 0.3) is 0 Å². The number of unbranched alkanes of at least 4 members (excludes halogenated alkanes) is 45. The van der Waals surface area contributed by atoms with Crippen molar-refractivity contribution >= 4 is 5.91 Å². The first-order valence-corrected chi connectivity index (χ1v) is 30.1. The van der Waals surface area contributed by atoms with E-state index in [2.05, 4.69) is 31.3 Å². The minimum absolute atomic E-state index is 0.0106. The lowest BCUT2D eigenvalue weighted by Gasteiger charge is -2.21. The van der Waals surface area contributed by atoms with Crippen molar-refractivity contribution in [3.05, 3.63) is 24.3 Å². The summed E-state index contributed by atoms with van der Waals surface area (Å²) in [5.41, 5.74) is 0. The summed E-state index contributed by atoms with van der Waals surface area (Å²) in [6, 6.07) is -0.759.